The first kappa shape index (κ1) is 13.2. The van der Waals surface area contributed by atoms with E-state index in [1.807, 2.05) is 0 Å². The van der Waals surface area contributed by atoms with E-state index in [1.165, 1.54) is 24.3 Å². The maximum absolute atomic E-state index is 12.0. The van der Waals surface area contributed by atoms with Crippen LogP contribution in [0.2, 0.25) is 0 Å². The third-order valence-electron chi connectivity index (χ3n) is 1.66. The molecule has 0 saturated carbocycles. The molecule has 1 amide bonds. The summed E-state index contributed by atoms with van der Waals surface area (Å²) in [7, 11) is 0. The van der Waals surface area contributed by atoms with Gasteiger partial charge in [0.25, 0.3) is 0 Å². The van der Waals surface area contributed by atoms with Crippen molar-refractivity contribution in [2.45, 2.75) is 15.8 Å². The van der Waals surface area contributed by atoms with Crippen LogP contribution in [0, 0.1) is 0 Å². The van der Waals surface area contributed by atoms with Crippen LogP contribution in [0.5, 0.6) is 0 Å². The number of alkyl halides is 4. The Kier molecular flexibility index (Phi) is 4.09. The van der Waals surface area contributed by atoms with Crippen molar-refractivity contribution < 1.29 is 18.0 Å². The number of thioether (sulfide) groups is 1. The Morgan fingerprint density at radius 1 is 1.31 bits per heavy atom. The zero-order valence-electron chi connectivity index (χ0n) is 7.79. The van der Waals surface area contributed by atoms with E-state index in [2.05, 4.69) is 0 Å². The van der Waals surface area contributed by atoms with Crippen LogP contribution >= 0.6 is 23.4 Å². The zero-order chi connectivity index (χ0) is 12.3. The molecule has 2 N–H and O–H groups in total. The third kappa shape index (κ3) is 3.94. The summed E-state index contributed by atoms with van der Waals surface area (Å²) in [6.07, 6.45) is 0. The van der Waals surface area contributed by atoms with E-state index in [9.17, 15) is 18.0 Å². The number of carbonyl (C=O) groups is 1. The van der Waals surface area contributed by atoms with Gasteiger partial charge in [0.05, 0.1) is 0 Å². The van der Waals surface area contributed by atoms with Gasteiger partial charge in [-0.15, -0.1) is 11.6 Å². The lowest BCUT2D eigenvalue weighted by Gasteiger charge is -2.08. The predicted octanol–water partition coefficient (Wildman–Crippen LogP) is 3.06. The minimum atomic E-state index is -4.33. The standard InChI is InChI=1S/C9H7ClF3NOS/c10-7(8(14)15)5-1-3-6(4-2-5)16-9(11,12)13/h1-4,7H,(H2,14,15). The first-order valence-electron chi connectivity index (χ1n) is 4.08. The summed E-state index contributed by atoms with van der Waals surface area (Å²) in [6.45, 7) is 0. The largest absolute Gasteiger partial charge is 0.446 e. The average Bonchev–Trinajstić information content (AvgIpc) is 2.15. The maximum Gasteiger partial charge on any atom is 0.446 e. The molecule has 0 aliphatic heterocycles. The SMILES string of the molecule is NC(=O)C(Cl)c1ccc(SC(F)(F)F)cc1. The number of rotatable bonds is 3. The van der Waals surface area contributed by atoms with Crippen molar-refractivity contribution in [3.63, 3.8) is 0 Å². The quantitative estimate of drug-likeness (QED) is 0.677. The highest BCUT2D eigenvalue weighted by atomic mass is 35.5. The van der Waals surface area contributed by atoms with Gasteiger partial charge in [-0.05, 0) is 29.5 Å². The lowest BCUT2D eigenvalue weighted by atomic mass is 10.1. The highest BCUT2D eigenvalue weighted by Crippen LogP contribution is 2.37. The fraction of sp³-hybridized carbons (Fsp3) is 0.222. The van der Waals surface area contributed by atoms with E-state index in [-0.39, 0.29) is 16.7 Å². The van der Waals surface area contributed by atoms with Crippen LogP contribution in [0.25, 0.3) is 0 Å². The Morgan fingerprint density at radius 2 is 1.81 bits per heavy atom. The van der Waals surface area contributed by atoms with Gasteiger partial charge in [0.1, 0.15) is 5.38 Å². The zero-order valence-corrected chi connectivity index (χ0v) is 9.36. The van der Waals surface area contributed by atoms with Crippen LogP contribution < -0.4 is 5.73 Å². The molecule has 2 nitrogen and oxygen atoms in total. The van der Waals surface area contributed by atoms with Crippen LogP contribution in [0.1, 0.15) is 10.9 Å². The van der Waals surface area contributed by atoms with Crippen LogP contribution in [0.15, 0.2) is 29.2 Å². The molecule has 0 spiro atoms. The van der Waals surface area contributed by atoms with Gasteiger partial charge in [-0.3, -0.25) is 4.79 Å². The summed E-state index contributed by atoms with van der Waals surface area (Å²) in [5.41, 5.74) is 1.000. The molecule has 0 radical (unpaired) electrons. The normalized spacial score (nSPS) is 13.5. The highest BCUT2D eigenvalue weighted by molar-refractivity contribution is 8.00. The van der Waals surface area contributed by atoms with Crippen molar-refractivity contribution in [2.75, 3.05) is 0 Å². The molecule has 88 valence electrons. The number of carbonyl (C=O) groups excluding carboxylic acids is 1. The van der Waals surface area contributed by atoms with Gasteiger partial charge in [-0.1, -0.05) is 12.1 Å². The number of benzene rings is 1. The van der Waals surface area contributed by atoms with Crippen LogP contribution in [0.3, 0.4) is 0 Å². The van der Waals surface area contributed by atoms with Crippen LogP contribution in [-0.4, -0.2) is 11.4 Å². The van der Waals surface area contributed by atoms with Gasteiger partial charge >= 0.3 is 5.51 Å². The summed E-state index contributed by atoms with van der Waals surface area (Å²) in [6, 6.07) is 5.17. The molecule has 16 heavy (non-hydrogen) atoms. The van der Waals surface area contributed by atoms with Gasteiger partial charge in [0.2, 0.25) is 5.91 Å². The van der Waals surface area contributed by atoms with Gasteiger partial charge in [-0.2, -0.15) is 13.2 Å². The second kappa shape index (κ2) is 4.97. The molecule has 0 saturated heterocycles. The molecule has 0 bridgehead atoms. The first-order chi connectivity index (χ1) is 7.29. The predicted molar refractivity (Wildman–Crippen MR) is 56.1 cm³/mol. The van der Waals surface area contributed by atoms with Crippen molar-refractivity contribution in [2.24, 2.45) is 5.73 Å². The Bertz CT molecular complexity index is 379. The second-order valence-corrected chi connectivity index (χ2v) is 4.46. The summed E-state index contributed by atoms with van der Waals surface area (Å²) < 4.78 is 36.0. The fourth-order valence-corrected chi connectivity index (χ4v) is 1.69. The fourth-order valence-electron chi connectivity index (χ4n) is 1.00. The average molecular weight is 270 g/mol. The van der Waals surface area contributed by atoms with Gasteiger partial charge in [0.15, 0.2) is 0 Å². The van der Waals surface area contributed by atoms with Crippen molar-refractivity contribution in [1.82, 2.24) is 0 Å². The van der Waals surface area contributed by atoms with E-state index in [0.717, 1.165) is 0 Å². The number of primary amides is 1. The minimum Gasteiger partial charge on any atom is -0.368 e. The molecule has 0 aliphatic rings. The number of hydrogen-bond donors (Lipinski definition) is 1. The maximum atomic E-state index is 12.0. The molecule has 1 atom stereocenters. The van der Waals surface area contributed by atoms with Crippen LogP contribution in [0.4, 0.5) is 13.2 Å². The smallest absolute Gasteiger partial charge is 0.368 e. The monoisotopic (exact) mass is 269 g/mol. The lowest BCUT2D eigenvalue weighted by molar-refractivity contribution is -0.117. The summed E-state index contributed by atoms with van der Waals surface area (Å²) in [4.78, 5) is 10.8. The molecule has 0 fully saturated rings. The molecule has 0 heterocycles. The summed E-state index contributed by atoms with van der Waals surface area (Å²) in [5.74, 6) is -0.738. The van der Waals surface area contributed by atoms with Crippen molar-refractivity contribution in [3.8, 4) is 0 Å². The minimum absolute atomic E-state index is 0.0320. The van der Waals surface area contributed by atoms with E-state index in [0.29, 0.717) is 5.56 Å². The summed E-state index contributed by atoms with van der Waals surface area (Å²) in [5, 5.41) is -1.02. The van der Waals surface area contributed by atoms with Crippen molar-refractivity contribution >= 4 is 29.3 Å². The Labute approximate surface area is 99.0 Å². The Balaban J connectivity index is 2.79. The number of halogens is 4. The molecule has 0 aliphatic carbocycles. The number of amides is 1. The summed E-state index contributed by atoms with van der Waals surface area (Å²) >= 11 is 5.39. The third-order valence-corrected chi connectivity index (χ3v) is 2.86. The molecule has 1 unspecified atom stereocenters. The molecular formula is C9H7ClF3NOS. The highest BCUT2D eigenvalue weighted by Gasteiger charge is 2.29. The van der Waals surface area contributed by atoms with Gasteiger partial charge < -0.3 is 5.73 Å². The van der Waals surface area contributed by atoms with Crippen molar-refractivity contribution in [1.29, 1.82) is 0 Å². The lowest BCUT2D eigenvalue weighted by Crippen LogP contribution is -2.16. The molecule has 1 aromatic carbocycles. The second-order valence-electron chi connectivity index (χ2n) is 2.88. The topological polar surface area (TPSA) is 43.1 Å². The van der Waals surface area contributed by atoms with Crippen LogP contribution in [-0.2, 0) is 4.79 Å². The van der Waals surface area contributed by atoms with Gasteiger partial charge in [0, 0.05) is 4.90 Å². The van der Waals surface area contributed by atoms with E-state index in [1.54, 1.807) is 0 Å². The molecule has 7 heteroatoms. The van der Waals surface area contributed by atoms with E-state index >= 15 is 0 Å². The number of hydrogen-bond acceptors (Lipinski definition) is 2. The molecule has 1 aromatic rings. The van der Waals surface area contributed by atoms with Gasteiger partial charge in [-0.25, -0.2) is 0 Å². The molecule has 0 aromatic heterocycles. The first-order valence-corrected chi connectivity index (χ1v) is 5.34. The number of nitrogens with two attached hydrogens (primary N) is 1. The van der Waals surface area contributed by atoms with Crippen molar-refractivity contribution in [3.05, 3.63) is 29.8 Å². The molecular weight excluding hydrogens is 263 g/mol. The Hall–Kier alpha value is -0.880. The Morgan fingerprint density at radius 3 is 2.19 bits per heavy atom. The molecule has 1 rings (SSSR count). The van der Waals surface area contributed by atoms with E-state index < -0.39 is 16.8 Å². The van der Waals surface area contributed by atoms with E-state index in [4.69, 9.17) is 17.3 Å².